The lowest BCUT2D eigenvalue weighted by atomic mass is 9.89. The van der Waals surface area contributed by atoms with Crippen LogP contribution in [0, 0.1) is 17.3 Å². The van der Waals surface area contributed by atoms with Gasteiger partial charge in [-0.15, -0.1) is 0 Å². The first-order valence-corrected chi connectivity index (χ1v) is 8.15. The average Bonchev–Trinajstić information content (AvgIpc) is 3.07. The maximum absolute atomic E-state index is 3.75. The van der Waals surface area contributed by atoms with Gasteiger partial charge in [-0.2, -0.15) is 0 Å². The molecule has 0 amide bonds. The molecule has 3 aliphatic rings. The largest absolute Gasteiger partial charge is 0.316 e. The van der Waals surface area contributed by atoms with Crippen molar-refractivity contribution < 1.29 is 0 Å². The van der Waals surface area contributed by atoms with E-state index in [0.29, 0.717) is 5.41 Å². The Balaban J connectivity index is 1.33. The molecule has 2 bridgehead atoms. The van der Waals surface area contributed by atoms with Gasteiger partial charge in [-0.25, -0.2) is 0 Å². The van der Waals surface area contributed by atoms with Crippen molar-refractivity contribution in [1.82, 2.24) is 10.6 Å². The molecule has 0 aromatic heterocycles. The fourth-order valence-electron chi connectivity index (χ4n) is 4.17. The van der Waals surface area contributed by atoms with Crippen LogP contribution in [0.3, 0.4) is 0 Å². The second-order valence-electron chi connectivity index (χ2n) is 7.46. The van der Waals surface area contributed by atoms with Gasteiger partial charge in [0, 0.05) is 18.6 Å². The van der Waals surface area contributed by atoms with Crippen molar-refractivity contribution >= 4 is 0 Å². The predicted molar refractivity (Wildman–Crippen MR) is 76.7 cm³/mol. The van der Waals surface area contributed by atoms with Crippen molar-refractivity contribution in [3.05, 3.63) is 0 Å². The van der Waals surface area contributed by atoms with Crippen LogP contribution in [0.1, 0.15) is 58.8 Å². The maximum atomic E-state index is 3.75. The summed E-state index contributed by atoms with van der Waals surface area (Å²) < 4.78 is 0. The van der Waals surface area contributed by atoms with E-state index in [1.165, 1.54) is 58.0 Å². The molecule has 1 saturated carbocycles. The molecule has 0 spiro atoms. The molecule has 2 saturated heterocycles. The molecule has 2 heteroatoms. The summed E-state index contributed by atoms with van der Waals surface area (Å²) >= 11 is 0. The van der Waals surface area contributed by atoms with Crippen molar-refractivity contribution in [2.75, 3.05) is 13.1 Å². The van der Waals surface area contributed by atoms with Gasteiger partial charge >= 0.3 is 0 Å². The van der Waals surface area contributed by atoms with Crippen LogP contribution in [-0.2, 0) is 0 Å². The van der Waals surface area contributed by atoms with Gasteiger partial charge in [-0.1, -0.05) is 13.8 Å². The first-order chi connectivity index (χ1) is 8.68. The lowest BCUT2D eigenvalue weighted by Gasteiger charge is -2.29. The third kappa shape index (κ3) is 2.75. The topological polar surface area (TPSA) is 24.1 Å². The van der Waals surface area contributed by atoms with Gasteiger partial charge in [0.1, 0.15) is 0 Å². The van der Waals surface area contributed by atoms with Crippen LogP contribution in [-0.4, -0.2) is 25.2 Å². The minimum Gasteiger partial charge on any atom is -0.316 e. The molecule has 0 aromatic rings. The molecule has 2 unspecified atom stereocenters. The van der Waals surface area contributed by atoms with Crippen LogP contribution in [0.4, 0.5) is 0 Å². The van der Waals surface area contributed by atoms with E-state index < -0.39 is 0 Å². The van der Waals surface area contributed by atoms with E-state index in [4.69, 9.17) is 0 Å². The van der Waals surface area contributed by atoms with Gasteiger partial charge in [0.25, 0.3) is 0 Å². The fourth-order valence-corrected chi connectivity index (χ4v) is 4.17. The third-order valence-electron chi connectivity index (χ3n) is 5.89. The van der Waals surface area contributed by atoms with Crippen molar-refractivity contribution in [2.24, 2.45) is 17.3 Å². The highest BCUT2D eigenvalue weighted by molar-refractivity contribution is 4.97. The monoisotopic (exact) mass is 250 g/mol. The SMILES string of the molecule is CC(C)C1(CNCCC2CC3CCC(C2)N3)CC1. The Morgan fingerprint density at radius 3 is 2.39 bits per heavy atom. The van der Waals surface area contributed by atoms with Crippen molar-refractivity contribution in [3.8, 4) is 0 Å². The van der Waals surface area contributed by atoms with Gasteiger partial charge < -0.3 is 10.6 Å². The molecule has 2 atom stereocenters. The second-order valence-corrected chi connectivity index (χ2v) is 7.46. The zero-order valence-electron chi connectivity index (χ0n) is 12.2. The maximum Gasteiger partial charge on any atom is 0.00728 e. The molecule has 3 fully saturated rings. The molecule has 2 nitrogen and oxygen atoms in total. The van der Waals surface area contributed by atoms with Crippen molar-refractivity contribution in [3.63, 3.8) is 0 Å². The highest BCUT2D eigenvalue weighted by atomic mass is 15.0. The Labute approximate surface area is 112 Å². The number of nitrogens with one attached hydrogen (secondary N) is 2. The van der Waals surface area contributed by atoms with E-state index in [1.807, 2.05) is 0 Å². The normalized spacial score (nSPS) is 37.2. The summed E-state index contributed by atoms with van der Waals surface area (Å²) in [5.74, 6) is 1.85. The number of fused-ring (bicyclic) bond motifs is 2. The molecule has 18 heavy (non-hydrogen) atoms. The van der Waals surface area contributed by atoms with E-state index in [1.54, 1.807) is 0 Å². The molecule has 2 heterocycles. The Morgan fingerprint density at radius 2 is 1.83 bits per heavy atom. The third-order valence-corrected chi connectivity index (χ3v) is 5.89. The molecular weight excluding hydrogens is 220 g/mol. The Bertz CT molecular complexity index is 271. The summed E-state index contributed by atoms with van der Waals surface area (Å²) in [4.78, 5) is 0. The molecule has 0 aromatic carbocycles. The number of piperidine rings is 1. The Kier molecular flexibility index (Phi) is 3.68. The van der Waals surface area contributed by atoms with Gasteiger partial charge in [0.2, 0.25) is 0 Å². The zero-order valence-corrected chi connectivity index (χ0v) is 12.2. The number of hydrogen-bond acceptors (Lipinski definition) is 2. The van der Waals surface area contributed by atoms with E-state index in [0.717, 1.165) is 23.9 Å². The van der Waals surface area contributed by atoms with Gasteiger partial charge in [-0.3, -0.25) is 0 Å². The van der Waals surface area contributed by atoms with Gasteiger partial charge in [0.05, 0.1) is 0 Å². The smallest absolute Gasteiger partial charge is 0.00728 e. The van der Waals surface area contributed by atoms with E-state index in [-0.39, 0.29) is 0 Å². The summed E-state index contributed by atoms with van der Waals surface area (Å²) in [6.45, 7) is 7.29. The first kappa shape index (κ1) is 12.9. The summed E-state index contributed by atoms with van der Waals surface area (Å²) in [7, 11) is 0. The van der Waals surface area contributed by atoms with E-state index in [9.17, 15) is 0 Å². The summed E-state index contributed by atoms with van der Waals surface area (Å²) in [5, 5.41) is 7.49. The predicted octanol–water partition coefficient (Wildman–Crippen LogP) is 2.93. The van der Waals surface area contributed by atoms with Gasteiger partial charge in [-0.05, 0) is 68.7 Å². The van der Waals surface area contributed by atoms with Crippen molar-refractivity contribution in [1.29, 1.82) is 0 Å². The van der Waals surface area contributed by atoms with Crippen LogP contribution in [0.2, 0.25) is 0 Å². The Hall–Kier alpha value is -0.0800. The molecule has 2 aliphatic heterocycles. The number of rotatable bonds is 6. The summed E-state index contributed by atoms with van der Waals surface area (Å²) in [6, 6.07) is 1.72. The minimum absolute atomic E-state index is 0.674. The highest BCUT2D eigenvalue weighted by Gasteiger charge is 2.44. The molecule has 0 radical (unpaired) electrons. The first-order valence-electron chi connectivity index (χ1n) is 8.15. The quantitative estimate of drug-likeness (QED) is 0.708. The number of hydrogen-bond donors (Lipinski definition) is 2. The highest BCUT2D eigenvalue weighted by Crippen LogP contribution is 2.51. The average molecular weight is 250 g/mol. The molecule has 1 aliphatic carbocycles. The summed E-state index contributed by atoms with van der Waals surface area (Å²) in [5.41, 5.74) is 0.674. The van der Waals surface area contributed by atoms with E-state index >= 15 is 0 Å². The summed E-state index contributed by atoms with van der Waals surface area (Å²) in [6.07, 6.45) is 10.1. The fraction of sp³-hybridized carbons (Fsp3) is 1.00. The zero-order chi connectivity index (χ0) is 12.6. The van der Waals surface area contributed by atoms with Crippen LogP contribution >= 0.6 is 0 Å². The van der Waals surface area contributed by atoms with Crippen LogP contribution in [0.5, 0.6) is 0 Å². The van der Waals surface area contributed by atoms with Crippen LogP contribution < -0.4 is 10.6 Å². The van der Waals surface area contributed by atoms with E-state index in [2.05, 4.69) is 24.5 Å². The van der Waals surface area contributed by atoms with Crippen LogP contribution in [0.25, 0.3) is 0 Å². The van der Waals surface area contributed by atoms with Crippen molar-refractivity contribution in [2.45, 2.75) is 70.9 Å². The second kappa shape index (κ2) is 5.13. The minimum atomic E-state index is 0.674. The van der Waals surface area contributed by atoms with Crippen LogP contribution in [0.15, 0.2) is 0 Å². The molecule has 3 rings (SSSR count). The molecule has 104 valence electrons. The molecular formula is C16H30N2. The standard InChI is InChI=1S/C16H30N2/c1-12(2)16(6-7-16)11-17-8-5-13-9-14-3-4-15(10-13)18-14/h12-15,17-18H,3-11H2,1-2H3. The van der Waals surface area contributed by atoms with Gasteiger partial charge in [0.15, 0.2) is 0 Å². The molecule has 2 N–H and O–H groups in total. The lowest BCUT2D eigenvalue weighted by Crippen LogP contribution is -2.39. The lowest BCUT2D eigenvalue weighted by molar-refractivity contribution is 0.275. The Morgan fingerprint density at radius 1 is 1.17 bits per heavy atom.